The summed E-state index contributed by atoms with van der Waals surface area (Å²) in [5.74, 6) is 0. The number of methoxy groups -OCH3 is 1. The summed E-state index contributed by atoms with van der Waals surface area (Å²) in [6.07, 6.45) is 2.56. The first-order chi connectivity index (χ1) is 10.1. The maximum atomic E-state index is 12.7. The van der Waals surface area contributed by atoms with Gasteiger partial charge in [0.1, 0.15) is 0 Å². The highest BCUT2D eigenvalue weighted by Gasteiger charge is 2.46. The van der Waals surface area contributed by atoms with Crippen LogP contribution < -0.4 is 0 Å². The van der Waals surface area contributed by atoms with E-state index in [1.54, 1.807) is 35.7 Å². The molecule has 0 amide bonds. The molecule has 0 bridgehead atoms. The first-order valence-electron chi connectivity index (χ1n) is 7.28. The number of hydrogen-bond acceptors (Lipinski definition) is 4. The Labute approximate surface area is 125 Å². The van der Waals surface area contributed by atoms with Crippen LogP contribution in [-0.4, -0.2) is 51.2 Å². The van der Waals surface area contributed by atoms with Crippen molar-refractivity contribution in [1.29, 1.82) is 0 Å². The van der Waals surface area contributed by atoms with Crippen molar-refractivity contribution in [1.82, 2.24) is 4.31 Å². The van der Waals surface area contributed by atoms with Crippen LogP contribution in [0.3, 0.4) is 0 Å². The van der Waals surface area contributed by atoms with Crippen molar-refractivity contribution in [3.63, 3.8) is 0 Å². The minimum atomic E-state index is -3.44. The minimum absolute atomic E-state index is 0.0735. The number of sulfonamides is 1. The van der Waals surface area contributed by atoms with Gasteiger partial charge in [0.25, 0.3) is 0 Å². The summed E-state index contributed by atoms with van der Waals surface area (Å²) in [6.45, 7) is 1.53. The Balaban J connectivity index is 1.81. The molecule has 0 saturated carbocycles. The standard InChI is InChI=1S/C15H21NO4S/c1-19-13-10-15(20-11-13)8-5-9-16(12-15)21(17,18)14-6-3-2-4-7-14/h2-4,6-7,13H,5,8-12H2,1H3/t13-,15-/m0/s1. The SMILES string of the molecule is CO[C@@H]1CO[C@@]2(CCCN(S(=O)(=O)c3ccccc3)C2)C1. The molecule has 0 N–H and O–H groups in total. The molecule has 116 valence electrons. The molecule has 2 heterocycles. The number of hydrogen-bond donors (Lipinski definition) is 0. The smallest absolute Gasteiger partial charge is 0.243 e. The monoisotopic (exact) mass is 311 g/mol. The van der Waals surface area contributed by atoms with Gasteiger partial charge in [0.05, 0.1) is 23.2 Å². The van der Waals surface area contributed by atoms with Gasteiger partial charge < -0.3 is 9.47 Å². The van der Waals surface area contributed by atoms with E-state index >= 15 is 0 Å². The van der Waals surface area contributed by atoms with Crippen LogP contribution in [0, 0.1) is 0 Å². The fraction of sp³-hybridized carbons (Fsp3) is 0.600. The highest BCUT2D eigenvalue weighted by molar-refractivity contribution is 7.89. The second kappa shape index (κ2) is 5.68. The van der Waals surface area contributed by atoms with Crippen molar-refractivity contribution in [3.05, 3.63) is 30.3 Å². The first kappa shape index (κ1) is 15.0. The highest BCUT2D eigenvalue weighted by Crippen LogP contribution is 2.37. The van der Waals surface area contributed by atoms with Gasteiger partial charge in [-0.1, -0.05) is 18.2 Å². The van der Waals surface area contributed by atoms with E-state index in [0.717, 1.165) is 19.3 Å². The van der Waals surface area contributed by atoms with Crippen LogP contribution in [0.2, 0.25) is 0 Å². The van der Waals surface area contributed by atoms with Crippen LogP contribution >= 0.6 is 0 Å². The molecule has 1 aromatic rings. The second-order valence-electron chi connectivity index (χ2n) is 5.81. The molecule has 6 heteroatoms. The molecule has 2 saturated heterocycles. The molecule has 0 aromatic heterocycles. The second-order valence-corrected chi connectivity index (χ2v) is 7.75. The van der Waals surface area contributed by atoms with Gasteiger partial charge in [-0.3, -0.25) is 0 Å². The van der Waals surface area contributed by atoms with Crippen LogP contribution in [0.15, 0.2) is 35.2 Å². The van der Waals surface area contributed by atoms with Gasteiger partial charge in [0.2, 0.25) is 10.0 Å². The van der Waals surface area contributed by atoms with Gasteiger partial charge in [0.15, 0.2) is 0 Å². The van der Waals surface area contributed by atoms with Gasteiger partial charge in [-0.05, 0) is 25.0 Å². The van der Waals surface area contributed by atoms with Crippen LogP contribution in [0.1, 0.15) is 19.3 Å². The Kier molecular flexibility index (Phi) is 4.05. The van der Waals surface area contributed by atoms with Crippen molar-refractivity contribution in [2.45, 2.75) is 35.9 Å². The zero-order chi connectivity index (χ0) is 14.9. The van der Waals surface area contributed by atoms with Crippen molar-refractivity contribution >= 4 is 10.0 Å². The molecule has 2 aliphatic rings. The molecule has 2 fully saturated rings. The summed E-state index contributed by atoms with van der Waals surface area (Å²) >= 11 is 0. The number of nitrogens with zero attached hydrogens (tertiary/aromatic N) is 1. The molecule has 2 atom stereocenters. The summed E-state index contributed by atoms with van der Waals surface area (Å²) in [4.78, 5) is 0.350. The molecule has 5 nitrogen and oxygen atoms in total. The van der Waals surface area contributed by atoms with Crippen LogP contribution in [0.5, 0.6) is 0 Å². The molecule has 0 aliphatic carbocycles. The van der Waals surface area contributed by atoms with Crippen LogP contribution in [-0.2, 0) is 19.5 Å². The molecule has 3 rings (SSSR count). The fourth-order valence-corrected chi connectivity index (χ4v) is 4.82. The summed E-state index contributed by atoms with van der Waals surface area (Å²) < 4.78 is 38.3. The Morgan fingerprint density at radius 3 is 2.76 bits per heavy atom. The van der Waals surface area contributed by atoms with Gasteiger partial charge in [-0.25, -0.2) is 8.42 Å². The highest BCUT2D eigenvalue weighted by atomic mass is 32.2. The van der Waals surface area contributed by atoms with E-state index in [0.29, 0.717) is 24.6 Å². The number of benzene rings is 1. The molecular weight excluding hydrogens is 290 g/mol. The van der Waals surface area contributed by atoms with Crippen LogP contribution in [0.25, 0.3) is 0 Å². The van der Waals surface area contributed by atoms with E-state index in [1.807, 2.05) is 6.07 Å². The number of rotatable bonds is 3. The summed E-state index contributed by atoms with van der Waals surface area (Å²) in [5, 5.41) is 0. The topological polar surface area (TPSA) is 55.8 Å². The Hall–Kier alpha value is -0.950. The van der Waals surface area contributed by atoms with E-state index in [-0.39, 0.29) is 11.7 Å². The van der Waals surface area contributed by atoms with E-state index in [9.17, 15) is 8.42 Å². The Morgan fingerprint density at radius 1 is 1.33 bits per heavy atom. The maximum Gasteiger partial charge on any atom is 0.243 e. The zero-order valence-corrected chi connectivity index (χ0v) is 13.0. The Morgan fingerprint density at radius 2 is 2.10 bits per heavy atom. The number of piperidine rings is 1. The van der Waals surface area contributed by atoms with Crippen molar-refractivity contribution in [2.75, 3.05) is 26.8 Å². The molecular formula is C15H21NO4S. The number of ether oxygens (including phenoxy) is 2. The quantitative estimate of drug-likeness (QED) is 0.851. The van der Waals surface area contributed by atoms with Crippen molar-refractivity contribution in [3.8, 4) is 0 Å². The average molecular weight is 311 g/mol. The fourth-order valence-electron chi connectivity index (χ4n) is 3.24. The van der Waals surface area contributed by atoms with Gasteiger partial charge in [-0.2, -0.15) is 4.31 Å². The predicted molar refractivity (Wildman–Crippen MR) is 78.5 cm³/mol. The summed E-state index contributed by atoms with van der Waals surface area (Å²) in [6, 6.07) is 8.60. The Bertz CT molecular complexity index is 589. The molecule has 1 aromatic carbocycles. The van der Waals surface area contributed by atoms with E-state index in [4.69, 9.17) is 9.47 Å². The van der Waals surface area contributed by atoms with Crippen LogP contribution in [0.4, 0.5) is 0 Å². The molecule has 1 spiro atoms. The van der Waals surface area contributed by atoms with Gasteiger partial charge in [0, 0.05) is 26.6 Å². The van der Waals surface area contributed by atoms with Gasteiger partial charge >= 0.3 is 0 Å². The lowest BCUT2D eigenvalue weighted by Crippen LogP contribution is -2.50. The third-order valence-electron chi connectivity index (χ3n) is 4.39. The molecule has 0 unspecified atom stereocenters. The van der Waals surface area contributed by atoms with Crippen molar-refractivity contribution in [2.24, 2.45) is 0 Å². The summed E-state index contributed by atoms with van der Waals surface area (Å²) in [5.41, 5.74) is -0.374. The largest absolute Gasteiger partial charge is 0.379 e. The normalized spacial score (nSPS) is 30.8. The minimum Gasteiger partial charge on any atom is -0.379 e. The first-order valence-corrected chi connectivity index (χ1v) is 8.72. The van der Waals surface area contributed by atoms with E-state index < -0.39 is 10.0 Å². The lowest BCUT2D eigenvalue weighted by Gasteiger charge is -2.38. The lowest BCUT2D eigenvalue weighted by molar-refractivity contribution is -0.0346. The molecule has 2 aliphatic heterocycles. The van der Waals surface area contributed by atoms with Gasteiger partial charge in [-0.15, -0.1) is 0 Å². The van der Waals surface area contributed by atoms with E-state index in [2.05, 4.69) is 0 Å². The maximum absolute atomic E-state index is 12.7. The zero-order valence-electron chi connectivity index (χ0n) is 12.2. The lowest BCUT2D eigenvalue weighted by atomic mass is 9.90. The summed E-state index contributed by atoms with van der Waals surface area (Å²) in [7, 11) is -1.76. The third kappa shape index (κ3) is 2.85. The predicted octanol–water partition coefficient (Wildman–Crippen LogP) is 1.65. The van der Waals surface area contributed by atoms with Crippen molar-refractivity contribution < 1.29 is 17.9 Å². The molecule has 0 radical (unpaired) electrons. The average Bonchev–Trinajstić information content (AvgIpc) is 2.91. The molecule has 21 heavy (non-hydrogen) atoms. The third-order valence-corrected chi connectivity index (χ3v) is 6.25. The van der Waals surface area contributed by atoms with E-state index in [1.165, 1.54) is 0 Å².